The summed E-state index contributed by atoms with van der Waals surface area (Å²) in [6.45, 7) is 15.1. The Bertz CT molecular complexity index is 672. The van der Waals surface area contributed by atoms with E-state index in [9.17, 15) is 8.42 Å². The highest BCUT2D eigenvalue weighted by atomic mass is 32.2. The number of likely N-dealkylation sites (tertiary alicyclic amines) is 1. The molecule has 0 radical (unpaired) electrons. The molecule has 0 bridgehead atoms. The van der Waals surface area contributed by atoms with Crippen LogP contribution in [0, 0.1) is 6.92 Å². The lowest BCUT2D eigenvalue weighted by Gasteiger charge is -2.54. The number of aryl methyl sites for hydroxylation is 1. The quantitative estimate of drug-likeness (QED) is 0.596. The molecule has 1 aromatic carbocycles. The molecule has 1 fully saturated rings. The highest BCUT2D eigenvalue weighted by Gasteiger charge is 2.46. The van der Waals surface area contributed by atoms with Crippen LogP contribution in [0.25, 0.3) is 0 Å². The average molecular weight is 352 g/mol. The molecule has 0 atom stereocenters. The molecule has 1 aliphatic heterocycles. The molecule has 1 aliphatic rings. The average Bonchev–Trinajstić information content (AvgIpc) is 2.42. The summed E-state index contributed by atoms with van der Waals surface area (Å²) in [5.74, 6) is 0. The first-order chi connectivity index (χ1) is 11.0. The van der Waals surface area contributed by atoms with Crippen LogP contribution in [0.4, 0.5) is 0 Å². The smallest absolute Gasteiger partial charge is 0.289 e. The van der Waals surface area contributed by atoms with Gasteiger partial charge < -0.3 is 0 Å². The maximum atomic E-state index is 12.6. The van der Waals surface area contributed by atoms with E-state index in [1.165, 1.54) is 0 Å². The van der Waals surface area contributed by atoms with Gasteiger partial charge in [0, 0.05) is 17.6 Å². The van der Waals surface area contributed by atoms with Crippen molar-refractivity contribution in [3.05, 3.63) is 42.5 Å². The molecule has 4 nitrogen and oxygen atoms in total. The van der Waals surface area contributed by atoms with E-state index in [2.05, 4.69) is 39.2 Å². The van der Waals surface area contributed by atoms with Crippen LogP contribution in [0.3, 0.4) is 0 Å². The molecule has 0 spiro atoms. The van der Waals surface area contributed by atoms with Gasteiger partial charge in [0.2, 0.25) is 0 Å². The van der Waals surface area contributed by atoms with Crippen LogP contribution >= 0.6 is 0 Å². The van der Waals surface area contributed by atoms with Crippen molar-refractivity contribution in [1.82, 2.24) is 4.90 Å². The van der Waals surface area contributed by atoms with Crippen molar-refractivity contribution in [1.29, 1.82) is 0 Å². The Hall–Kier alpha value is -1.17. The van der Waals surface area contributed by atoms with E-state index in [0.29, 0.717) is 12.8 Å². The Labute approximate surface area is 146 Å². The van der Waals surface area contributed by atoms with Crippen LogP contribution in [0.15, 0.2) is 41.8 Å². The van der Waals surface area contributed by atoms with Gasteiger partial charge in [-0.05, 0) is 59.6 Å². The van der Waals surface area contributed by atoms with Gasteiger partial charge in [-0.3, -0.25) is 9.08 Å². The summed E-state index contributed by atoms with van der Waals surface area (Å²) in [6.07, 6.45) is 2.89. The largest absolute Gasteiger partial charge is 0.297 e. The van der Waals surface area contributed by atoms with Crippen LogP contribution in [-0.2, 0) is 14.3 Å². The Morgan fingerprint density at radius 2 is 1.67 bits per heavy atom. The minimum Gasteiger partial charge on any atom is -0.289 e. The first kappa shape index (κ1) is 19.2. The van der Waals surface area contributed by atoms with Gasteiger partial charge in [-0.1, -0.05) is 23.8 Å². The second-order valence-electron chi connectivity index (χ2n) is 7.92. The zero-order chi connectivity index (χ0) is 18.2. The normalized spacial score (nSPS) is 21.5. The third-order valence-corrected chi connectivity index (χ3v) is 6.17. The van der Waals surface area contributed by atoms with E-state index in [-0.39, 0.29) is 22.1 Å². The molecule has 0 amide bonds. The highest BCUT2D eigenvalue weighted by molar-refractivity contribution is 7.86. The summed E-state index contributed by atoms with van der Waals surface area (Å²) in [5.41, 5.74) is 0.696. The summed E-state index contributed by atoms with van der Waals surface area (Å²) in [6, 6.07) is 6.79. The molecular weight excluding hydrogens is 322 g/mol. The van der Waals surface area contributed by atoms with Crippen LogP contribution in [0.2, 0.25) is 0 Å². The van der Waals surface area contributed by atoms with Gasteiger partial charge in [0.05, 0.1) is 11.0 Å². The van der Waals surface area contributed by atoms with Gasteiger partial charge in [-0.15, -0.1) is 6.58 Å². The maximum Gasteiger partial charge on any atom is 0.297 e. The zero-order valence-electron chi connectivity index (χ0n) is 15.4. The molecule has 2 rings (SSSR count). The predicted molar refractivity (Wildman–Crippen MR) is 97.5 cm³/mol. The van der Waals surface area contributed by atoms with Crippen LogP contribution in [-0.4, -0.2) is 37.0 Å². The summed E-state index contributed by atoms with van der Waals surface area (Å²) in [5, 5.41) is 0. The van der Waals surface area contributed by atoms with Crippen molar-refractivity contribution in [3.63, 3.8) is 0 Å². The first-order valence-electron chi connectivity index (χ1n) is 8.36. The zero-order valence-corrected chi connectivity index (χ0v) is 16.2. The van der Waals surface area contributed by atoms with Crippen molar-refractivity contribution in [2.75, 3.05) is 6.54 Å². The van der Waals surface area contributed by atoms with Crippen molar-refractivity contribution in [2.24, 2.45) is 0 Å². The van der Waals surface area contributed by atoms with Gasteiger partial charge in [-0.2, -0.15) is 8.42 Å². The molecule has 0 saturated carbocycles. The third-order valence-electron chi connectivity index (χ3n) is 4.80. The van der Waals surface area contributed by atoms with Gasteiger partial charge in [0.1, 0.15) is 0 Å². The highest BCUT2D eigenvalue weighted by Crippen LogP contribution is 2.40. The maximum absolute atomic E-state index is 12.6. The second kappa shape index (κ2) is 6.62. The molecule has 0 unspecified atom stereocenters. The van der Waals surface area contributed by atoms with E-state index < -0.39 is 10.1 Å². The van der Waals surface area contributed by atoms with Crippen LogP contribution < -0.4 is 0 Å². The van der Waals surface area contributed by atoms with Gasteiger partial charge in [-0.25, -0.2) is 0 Å². The predicted octanol–water partition coefficient (Wildman–Crippen LogP) is 3.91. The Balaban J connectivity index is 2.22. The number of rotatable bonds is 5. The Morgan fingerprint density at radius 3 is 2.12 bits per heavy atom. The first-order valence-corrected chi connectivity index (χ1v) is 9.77. The standard InChI is InChI=1S/C19H29NO3S/c1-7-12-20-18(3,4)13-16(14-19(20,5)6)23-24(21,22)17-10-8-15(2)9-11-17/h7-11,16H,1,12-14H2,2-6H3. The molecule has 1 aromatic rings. The molecule has 0 aliphatic carbocycles. The topological polar surface area (TPSA) is 46.6 Å². The molecule has 5 heteroatoms. The number of benzene rings is 1. The monoisotopic (exact) mass is 351 g/mol. The molecular formula is C19H29NO3S. The van der Waals surface area contributed by atoms with E-state index in [4.69, 9.17) is 4.18 Å². The van der Waals surface area contributed by atoms with Gasteiger partial charge in [0.25, 0.3) is 10.1 Å². The number of nitrogens with zero attached hydrogens (tertiary/aromatic N) is 1. The Kier molecular flexibility index (Phi) is 5.28. The second-order valence-corrected chi connectivity index (χ2v) is 9.49. The number of piperidine rings is 1. The van der Waals surface area contributed by atoms with E-state index in [1.54, 1.807) is 24.3 Å². The molecule has 1 saturated heterocycles. The number of hydrogen-bond acceptors (Lipinski definition) is 4. The van der Waals surface area contributed by atoms with Crippen molar-refractivity contribution < 1.29 is 12.6 Å². The summed E-state index contributed by atoms with van der Waals surface area (Å²) in [4.78, 5) is 2.59. The number of hydrogen-bond donors (Lipinski definition) is 0. The van der Waals surface area contributed by atoms with Crippen LogP contribution in [0.5, 0.6) is 0 Å². The summed E-state index contributed by atoms with van der Waals surface area (Å²) < 4.78 is 30.8. The van der Waals surface area contributed by atoms with Gasteiger partial charge in [0.15, 0.2) is 0 Å². The minimum atomic E-state index is -3.75. The van der Waals surface area contributed by atoms with E-state index in [0.717, 1.165) is 12.1 Å². The molecule has 0 N–H and O–H groups in total. The van der Waals surface area contributed by atoms with E-state index in [1.807, 2.05) is 13.0 Å². The fraction of sp³-hybridized carbons (Fsp3) is 0.579. The fourth-order valence-electron chi connectivity index (χ4n) is 3.86. The SMILES string of the molecule is C=CCN1C(C)(C)CC(OS(=O)(=O)c2ccc(C)cc2)CC1(C)C. The van der Waals surface area contributed by atoms with Crippen molar-refractivity contribution >= 4 is 10.1 Å². The molecule has 134 valence electrons. The fourth-order valence-corrected chi connectivity index (χ4v) is 4.93. The lowest BCUT2D eigenvalue weighted by Crippen LogP contribution is -2.62. The third kappa shape index (κ3) is 4.08. The van der Waals surface area contributed by atoms with Crippen molar-refractivity contribution in [3.8, 4) is 0 Å². The summed E-state index contributed by atoms with van der Waals surface area (Å²) >= 11 is 0. The van der Waals surface area contributed by atoms with Crippen molar-refractivity contribution in [2.45, 2.75) is 69.5 Å². The summed E-state index contributed by atoms with van der Waals surface area (Å²) in [7, 11) is -3.75. The van der Waals surface area contributed by atoms with E-state index >= 15 is 0 Å². The lowest BCUT2D eigenvalue weighted by atomic mass is 9.78. The molecule has 24 heavy (non-hydrogen) atoms. The Morgan fingerprint density at radius 1 is 1.17 bits per heavy atom. The lowest BCUT2D eigenvalue weighted by molar-refractivity contribution is -0.0639. The minimum absolute atomic E-state index is 0.163. The molecule has 1 heterocycles. The molecule has 0 aromatic heterocycles. The van der Waals surface area contributed by atoms with Crippen LogP contribution in [0.1, 0.15) is 46.1 Å². The van der Waals surface area contributed by atoms with Gasteiger partial charge >= 0.3 is 0 Å².